The molecule has 96 valence electrons. The molecule has 1 aromatic heterocycles. The third-order valence-electron chi connectivity index (χ3n) is 2.43. The molecule has 0 fully saturated rings. The van der Waals surface area contributed by atoms with E-state index in [-0.39, 0.29) is 0 Å². The molecular weight excluding hydrogens is 336 g/mol. The Morgan fingerprint density at radius 2 is 2.22 bits per heavy atom. The highest BCUT2D eigenvalue weighted by Crippen LogP contribution is 2.29. The van der Waals surface area contributed by atoms with Crippen LogP contribution in [0.1, 0.15) is 23.5 Å². The predicted octanol–water partition coefficient (Wildman–Crippen LogP) is 4.80. The minimum Gasteiger partial charge on any atom is -0.487 e. The van der Waals surface area contributed by atoms with E-state index < -0.39 is 6.10 Å². The summed E-state index contributed by atoms with van der Waals surface area (Å²) in [7, 11) is 0. The highest BCUT2D eigenvalue weighted by Gasteiger charge is 2.07. The van der Waals surface area contributed by atoms with Gasteiger partial charge in [0.1, 0.15) is 12.4 Å². The topological polar surface area (TPSA) is 29.5 Å². The van der Waals surface area contributed by atoms with Gasteiger partial charge in [-0.3, -0.25) is 0 Å². The molecule has 2 aromatic rings. The minimum absolute atomic E-state index is 0.490. The number of ether oxygens (including phenoxy) is 1. The molecule has 5 heteroatoms. The quantitative estimate of drug-likeness (QED) is 0.861. The molecule has 1 N–H and O–H groups in total. The van der Waals surface area contributed by atoms with Gasteiger partial charge in [0.15, 0.2) is 0 Å². The van der Waals surface area contributed by atoms with Crippen LogP contribution in [0, 0.1) is 0 Å². The van der Waals surface area contributed by atoms with Gasteiger partial charge < -0.3 is 9.84 Å². The molecule has 0 spiro atoms. The van der Waals surface area contributed by atoms with E-state index in [0.29, 0.717) is 17.4 Å². The van der Waals surface area contributed by atoms with Gasteiger partial charge in [0.2, 0.25) is 0 Å². The average Bonchev–Trinajstić information content (AvgIpc) is 2.73. The van der Waals surface area contributed by atoms with Crippen molar-refractivity contribution >= 4 is 38.9 Å². The molecule has 1 heterocycles. The van der Waals surface area contributed by atoms with Crippen LogP contribution < -0.4 is 4.74 Å². The third-order valence-corrected chi connectivity index (χ3v) is 4.40. The van der Waals surface area contributed by atoms with Gasteiger partial charge in [0.05, 0.1) is 11.1 Å². The minimum atomic E-state index is -0.523. The van der Waals surface area contributed by atoms with Crippen LogP contribution in [0.5, 0.6) is 5.75 Å². The third kappa shape index (κ3) is 3.48. The Kier molecular flexibility index (Phi) is 4.67. The molecule has 0 saturated heterocycles. The number of rotatable bonds is 4. The van der Waals surface area contributed by atoms with Crippen molar-refractivity contribution in [3.8, 4) is 5.75 Å². The van der Waals surface area contributed by atoms with Crippen LogP contribution in [0.4, 0.5) is 0 Å². The molecule has 2 nitrogen and oxygen atoms in total. The van der Waals surface area contributed by atoms with Gasteiger partial charge in [-0.15, -0.1) is 11.3 Å². The second-order valence-electron chi connectivity index (χ2n) is 3.89. The van der Waals surface area contributed by atoms with E-state index >= 15 is 0 Å². The Bertz CT molecular complexity index is 540. The first-order chi connectivity index (χ1) is 8.56. The fraction of sp³-hybridized carbons (Fsp3) is 0.231. The number of hydrogen-bond donors (Lipinski definition) is 1. The van der Waals surface area contributed by atoms with Gasteiger partial charge >= 0.3 is 0 Å². The van der Waals surface area contributed by atoms with Crippen LogP contribution in [-0.2, 0) is 6.61 Å². The molecule has 0 aliphatic heterocycles. The fourth-order valence-electron chi connectivity index (χ4n) is 1.47. The van der Waals surface area contributed by atoms with Crippen LogP contribution in [0.2, 0.25) is 5.02 Å². The van der Waals surface area contributed by atoms with Crippen LogP contribution in [-0.4, -0.2) is 5.11 Å². The van der Waals surface area contributed by atoms with Gasteiger partial charge in [-0.1, -0.05) is 17.7 Å². The van der Waals surface area contributed by atoms with Gasteiger partial charge in [-0.25, -0.2) is 0 Å². The average molecular weight is 348 g/mol. The van der Waals surface area contributed by atoms with E-state index in [1.54, 1.807) is 30.4 Å². The number of benzene rings is 1. The summed E-state index contributed by atoms with van der Waals surface area (Å²) in [6, 6.07) is 7.35. The van der Waals surface area contributed by atoms with Crippen LogP contribution in [0.25, 0.3) is 0 Å². The second kappa shape index (κ2) is 6.06. The lowest BCUT2D eigenvalue weighted by Crippen LogP contribution is -1.96. The van der Waals surface area contributed by atoms with E-state index in [0.717, 1.165) is 14.9 Å². The Hall–Kier alpha value is -0.550. The summed E-state index contributed by atoms with van der Waals surface area (Å²) >= 11 is 11.1. The first kappa shape index (κ1) is 13.9. The van der Waals surface area contributed by atoms with Crippen molar-refractivity contribution < 1.29 is 9.84 Å². The van der Waals surface area contributed by atoms with Crippen molar-refractivity contribution in [1.29, 1.82) is 0 Å². The second-order valence-corrected chi connectivity index (χ2v) is 6.20. The largest absolute Gasteiger partial charge is 0.487 e. The summed E-state index contributed by atoms with van der Waals surface area (Å²) in [6.07, 6.45) is -0.523. The fourth-order valence-corrected chi connectivity index (χ4v) is 3.08. The van der Waals surface area contributed by atoms with E-state index in [9.17, 15) is 5.11 Å². The zero-order valence-electron chi connectivity index (χ0n) is 9.69. The van der Waals surface area contributed by atoms with Crippen molar-refractivity contribution in [1.82, 2.24) is 0 Å². The predicted molar refractivity (Wildman–Crippen MR) is 78.4 cm³/mol. The monoisotopic (exact) mass is 346 g/mol. The normalized spacial score (nSPS) is 12.4. The van der Waals surface area contributed by atoms with Crippen LogP contribution in [0.15, 0.2) is 34.1 Å². The maximum atomic E-state index is 9.45. The zero-order chi connectivity index (χ0) is 13.1. The van der Waals surface area contributed by atoms with Crippen molar-refractivity contribution in [2.75, 3.05) is 0 Å². The molecule has 0 saturated carbocycles. The summed E-state index contributed by atoms with van der Waals surface area (Å²) in [5, 5.41) is 12.0. The van der Waals surface area contributed by atoms with E-state index in [1.165, 1.54) is 0 Å². The van der Waals surface area contributed by atoms with Crippen molar-refractivity contribution in [2.45, 2.75) is 19.6 Å². The molecule has 0 bridgehead atoms. The lowest BCUT2D eigenvalue weighted by atomic mass is 10.1. The first-order valence-corrected chi connectivity index (χ1v) is 7.44. The molecule has 1 unspecified atom stereocenters. The number of hydrogen-bond acceptors (Lipinski definition) is 3. The summed E-state index contributed by atoms with van der Waals surface area (Å²) in [5.41, 5.74) is 0.784. The smallest absolute Gasteiger partial charge is 0.138 e. The maximum absolute atomic E-state index is 9.45. The van der Waals surface area contributed by atoms with Gasteiger partial charge in [-0.05, 0) is 46.6 Å². The summed E-state index contributed by atoms with van der Waals surface area (Å²) in [6.45, 7) is 2.19. The van der Waals surface area contributed by atoms with E-state index in [4.69, 9.17) is 16.3 Å². The number of aliphatic hydroxyl groups is 1. The molecule has 1 atom stereocenters. The van der Waals surface area contributed by atoms with Gasteiger partial charge in [-0.2, -0.15) is 0 Å². The van der Waals surface area contributed by atoms with E-state index in [2.05, 4.69) is 15.9 Å². The van der Waals surface area contributed by atoms with Crippen molar-refractivity contribution in [3.05, 3.63) is 49.6 Å². The summed E-state index contributed by atoms with van der Waals surface area (Å²) in [4.78, 5) is 1.12. The van der Waals surface area contributed by atoms with E-state index in [1.807, 2.05) is 17.5 Å². The lowest BCUT2D eigenvalue weighted by Gasteiger charge is -2.10. The summed E-state index contributed by atoms with van der Waals surface area (Å²) < 4.78 is 6.70. The molecule has 2 rings (SSSR count). The molecule has 0 radical (unpaired) electrons. The number of thiophene rings is 1. The molecule has 0 aliphatic rings. The summed E-state index contributed by atoms with van der Waals surface area (Å²) in [5.74, 6) is 0.630. The SMILES string of the molecule is CC(O)c1ccc(OCc2cc(Br)cs2)c(Cl)c1. The highest BCUT2D eigenvalue weighted by atomic mass is 79.9. The highest BCUT2D eigenvalue weighted by molar-refractivity contribution is 9.10. The number of halogens is 2. The van der Waals surface area contributed by atoms with Crippen molar-refractivity contribution in [3.63, 3.8) is 0 Å². The Morgan fingerprint density at radius 3 is 2.78 bits per heavy atom. The zero-order valence-corrected chi connectivity index (χ0v) is 12.8. The lowest BCUT2D eigenvalue weighted by molar-refractivity contribution is 0.199. The Morgan fingerprint density at radius 1 is 1.44 bits per heavy atom. The molecule has 18 heavy (non-hydrogen) atoms. The molecule has 0 aliphatic carbocycles. The maximum Gasteiger partial charge on any atom is 0.138 e. The Balaban J connectivity index is 2.05. The Labute approximate surface area is 123 Å². The van der Waals surface area contributed by atoms with Gasteiger partial charge in [0, 0.05) is 14.7 Å². The molecule has 0 amide bonds. The van der Waals surface area contributed by atoms with Crippen LogP contribution in [0.3, 0.4) is 0 Å². The van der Waals surface area contributed by atoms with Crippen molar-refractivity contribution in [2.24, 2.45) is 0 Å². The first-order valence-electron chi connectivity index (χ1n) is 5.39. The van der Waals surface area contributed by atoms with Gasteiger partial charge in [0.25, 0.3) is 0 Å². The van der Waals surface area contributed by atoms with Crippen LogP contribution >= 0.6 is 38.9 Å². The molecular formula is C13H12BrClO2S. The standard InChI is InChI=1S/C13H12BrClO2S/c1-8(16)9-2-3-13(12(15)4-9)17-6-11-5-10(14)7-18-11/h2-5,7-8,16H,6H2,1H3. The molecule has 1 aromatic carbocycles. The number of aliphatic hydroxyl groups excluding tert-OH is 1.